The van der Waals surface area contributed by atoms with Crippen molar-refractivity contribution in [1.29, 1.82) is 0 Å². The number of anilines is 1. The minimum Gasteiger partial charge on any atom is -0.396 e. The van der Waals surface area contributed by atoms with Crippen molar-refractivity contribution in [3.63, 3.8) is 0 Å². The van der Waals surface area contributed by atoms with Crippen molar-refractivity contribution < 1.29 is 32.1 Å². The van der Waals surface area contributed by atoms with Crippen molar-refractivity contribution in [2.24, 2.45) is 5.41 Å². The molecule has 1 aromatic carbocycles. The van der Waals surface area contributed by atoms with E-state index in [1.54, 1.807) is 4.90 Å². The average molecular weight is 484 g/mol. The molecule has 0 amide bonds. The number of rotatable bonds is 7. The van der Waals surface area contributed by atoms with Gasteiger partial charge in [-0.25, -0.2) is 14.4 Å². The third-order valence-corrected chi connectivity index (χ3v) is 6.95. The molecule has 186 valence electrons. The lowest BCUT2D eigenvalue weighted by Crippen LogP contribution is -2.40. The largest absolute Gasteiger partial charge is 0.416 e. The van der Waals surface area contributed by atoms with Gasteiger partial charge in [-0.1, -0.05) is 12.1 Å². The number of morpholine rings is 1. The fourth-order valence-corrected chi connectivity index (χ4v) is 4.85. The van der Waals surface area contributed by atoms with E-state index in [1.165, 1.54) is 18.5 Å². The molecule has 3 heterocycles. The summed E-state index contributed by atoms with van der Waals surface area (Å²) in [6.07, 6.45) is 0.240. The fourth-order valence-electron chi connectivity index (χ4n) is 4.85. The maximum absolute atomic E-state index is 15.6. The Morgan fingerprint density at radius 3 is 2.44 bits per heavy atom. The first-order chi connectivity index (χ1) is 16.3. The van der Waals surface area contributed by atoms with Gasteiger partial charge >= 0.3 is 6.18 Å². The summed E-state index contributed by atoms with van der Waals surface area (Å²) in [7, 11) is 0. The number of nitrogens with zero attached hydrogens (tertiary/aromatic N) is 3. The minimum absolute atomic E-state index is 0.0695. The number of aliphatic hydroxyl groups is 1. The van der Waals surface area contributed by atoms with Gasteiger partial charge in [0, 0.05) is 26.4 Å². The van der Waals surface area contributed by atoms with Crippen LogP contribution in [0.1, 0.15) is 48.5 Å². The monoisotopic (exact) mass is 483 g/mol. The van der Waals surface area contributed by atoms with Gasteiger partial charge in [-0.2, -0.15) is 13.2 Å². The number of aliphatic hydroxyl groups excluding tert-OH is 1. The quantitative estimate of drug-likeness (QED) is 0.592. The number of hydrogen-bond acceptors (Lipinski definition) is 6. The van der Waals surface area contributed by atoms with Crippen molar-refractivity contribution >= 4 is 5.82 Å². The third-order valence-electron chi connectivity index (χ3n) is 6.95. The summed E-state index contributed by atoms with van der Waals surface area (Å²) in [5, 5.41) is 9.53. The molecule has 1 atom stereocenters. The number of aryl methyl sites for hydroxylation is 1. The first-order valence-electron chi connectivity index (χ1n) is 11.5. The van der Waals surface area contributed by atoms with Crippen molar-refractivity contribution in [1.82, 2.24) is 9.97 Å². The van der Waals surface area contributed by atoms with E-state index in [1.807, 2.05) is 0 Å². The van der Waals surface area contributed by atoms with E-state index in [9.17, 15) is 18.3 Å². The highest BCUT2D eigenvalue weighted by Gasteiger charge is 2.34. The molecule has 1 N–H and O–H groups in total. The molecule has 2 fully saturated rings. The molecular weight excluding hydrogens is 454 g/mol. The standard InChI is InChI=1S/C24H29F4N3O3/c25-21-19(5-6-23(7-11-32)8-12-33-13-9-23)29-16-30-22(21)31-10-14-34-15-20(31)17-1-3-18(4-2-17)24(26,27)28/h1-4,16,20,32H,5-15H2/t20-/m1/s1. The van der Waals surface area contributed by atoms with Crippen LogP contribution >= 0.6 is 0 Å². The molecule has 34 heavy (non-hydrogen) atoms. The van der Waals surface area contributed by atoms with Gasteiger partial charge in [0.05, 0.1) is 30.5 Å². The number of halogens is 4. The Morgan fingerprint density at radius 2 is 1.76 bits per heavy atom. The first-order valence-corrected chi connectivity index (χ1v) is 11.5. The van der Waals surface area contributed by atoms with Crippen LogP contribution in [0, 0.1) is 11.2 Å². The lowest BCUT2D eigenvalue weighted by atomic mass is 9.73. The second-order valence-electron chi connectivity index (χ2n) is 8.95. The Bertz CT molecular complexity index is 944. The van der Waals surface area contributed by atoms with Gasteiger partial charge in [0.2, 0.25) is 0 Å². The van der Waals surface area contributed by atoms with Crippen LogP contribution in [0.5, 0.6) is 0 Å². The van der Waals surface area contributed by atoms with Crippen LogP contribution in [0.3, 0.4) is 0 Å². The second kappa shape index (κ2) is 10.5. The predicted molar refractivity (Wildman–Crippen MR) is 117 cm³/mol. The summed E-state index contributed by atoms with van der Waals surface area (Å²) in [5.41, 5.74) is 0.0505. The zero-order valence-electron chi connectivity index (χ0n) is 18.9. The number of alkyl halides is 3. The highest BCUT2D eigenvalue weighted by Crippen LogP contribution is 2.39. The van der Waals surface area contributed by atoms with Crippen molar-refractivity contribution in [2.45, 2.75) is 44.3 Å². The van der Waals surface area contributed by atoms with Gasteiger partial charge in [-0.3, -0.25) is 0 Å². The maximum Gasteiger partial charge on any atom is 0.416 e. The summed E-state index contributed by atoms with van der Waals surface area (Å²) in [6.45, 7) is 2.24. The Labute approximate surface area is 195 Å². The number of aromatic nitrogens is 2. The number of benzene rings is 1. The second-order valence-corrected chi connectivity index (χ2v) is 8.95. The topological polar surface area (TPSA) is 67.7 Å². The van der Waals surface area contributed by atoms with E-state index in [-0.39, 0.29) is 24.4 Å². The van der Waals surface area contributed by atoms with Crippen LogP contribution in [0.15, 0.2) is 30.6 Å². The van der Waals surface area contributed by atoms with Gasteiger partial charge in [-0.05, 0) is 55.2 Å². The zero-order chi connectivity index (χ0) is 24.2. The maximum atomic E-state index is 15.6. The van der Waals surface area contributed by atoms with E-state index in [2.05, 4.69) is 9.97 Å². The number of hydrogen-bond donors (Lipinski definition) is 1. The van der Waals surface area contributed by atoms with E-state index >= 15 is 4.39 Å². The summed E-state index contributed by atoms with van der Waals surface area (Å²) < 4.78 is 65.5. The molecule has 1 aromatic heterocycles. The van der Waals surface area contributed by atoms with Gasteiger partial charge in [0.25, 0.3) is 0 Å². The fraction of sp³-hybridized carbons (Fsp3) is 0.583. The number of ether oxygens (including phenoxy) is 2. The molecule has 0 saturated carbocycles. The Morgan fingerprint density at radius 1 is 1.03 bits per heavy atom. The van der Waals surface area contributed by atoms with Crippen molar-refractivity contribution in [2.75, 3.05) is 44.5 Å². The van der Waals surface area contributed by atoms with Gasteiger partial charge < -0.3 is 19.5 Å². The van der Waals surface area contributed by atoms with Crippen LogP contribution in [-0.4, -0.2) is 54.7 Å². The highest BCUT2D eigenvalue weighted by atomic mass is 19.4. The van der Waals surface area contributed by atoms with Crippen LogP contribution in [0.2, 0.25) is 0 Å². The molecule has 6 nitrogen and oxygen atoms in total. The van der Waals surface area contributed by atoms with E-state index in [0.717, 1.165) is 25.0 Å². The molecule has 0 bridgehead atoms. The molecule has 0 aliphatic carbocycles. The van der Waals surface area contributed by atoms with Gasteiger partial charge in [0.1, 0.15) is 6.33 Å². The van der Waals surface area contributed by atoms with E-state index in [0.29, 0.717) is 56.9 Å². The van der Waals surface area contributed by atoms with Gasteiger partial charge in [-0.15, -0.1) is 0 Å². The molecule has 4 rings (SSSR count). The molecule has 2 aliphatic rings. The summed E-state index contributed by atoms with van der Waals surface area (Å²) in [5.74, 6) is -0.395. The van der Waals surface area contributed by atoms with Crippen LogP contribution in [0.25, 0.3) is 0 Å². The molecule has 0 unspecified atom stereocenters. The Kier molecular flexibility index (Phi) is 7.69. The lowest BCUT2D eigenvalue weighted by molar-refractivity contribution is -0.137. The zero-order valence-corrected chi connectivity index (χ0v) is 18.9. The summed E-state index contributed by atoms with van der Waals surface area (Å²) >= 11 is 0. The molecule has 2 saturated heterocycles. The minimum atomic E-state index is -4.42. The normalized spacial score (nSPS) is 21.0. The predicted octanol–water partition coefficient (Wildman–Crippen LogP) is 4.32. The van der Waals surface area contributed by atoms with Crippen LogP contribution in [0.4, 0.5) is 23.4 Å². The first kappa shape index (κ1) is 24.8. The van der Waals surface area contributed by atoms with Crippen molar-refractivity contribution in [3.8, 4) is 0 Å². The molecule has 10 heteroatoms. The highest BCUT2D eigenvalue weighted by molar-refractivity contribution is 5.45. The summed E-state index contributed by atoms with van der Waals surface area (Å²) in [6, 6.07) is 4.39. The summed E-state index contributed by atoms with van der Waals surface area (Å²) in [4.78, 5) is 10.1. The molecule has 0 radical (unpaired) electrons. The van der Waals surface area contributed by atoms with Gasteiger partial charge in [0.15, 0.2) is 11.6 Å². The van der Waals surface area contributed by atoms with Crippen LogP contribution in [-0.2, 0) is 22.1 Å². The smallest absolute Gasteiger partial charge is 0.396 e. The van der Waals surface area contributed by atoms with E-state index in [4.69, 9.17) is 9.47 Å². The molecule has 0 spiro atoms. The Balaban J connectivity index is 1.55. The third kappa shape index (κ3) is 5.50. The molecule has 2 aliphatic heterocycles. The molecule has 2 aromatic rings. The lowest BCUT2D eigenvalue weighted by Gasteiger charge is -2.38. The average Bonchev–Trinajstić information content (AvgIpc) is 2.84. The SMILES string of the molecule is OCCC1(CCc2ncnc(N3CCOC[C@@H]3c3ccc(C(F)(F)F)cc3)c2F)CCOCC1. The Hall–Kier alpha value is -2.30. The van der Waals surface area contributed by atoms with Crippen LogP contribution < -0.4 is 4.90 Å². The van der Waals surface area contributed by atoms with Crippen molar-refractivity contribution in [3.05, 3.63) is 53.2 Å². The molecular formula is C24H29F4N3O3. The van der Waals surface area contributed by atoms with E-state index < -0.39 is 23.6 Å².